The van der Waals surface area contributed by atoms with E-state index >= 15 is 0 Å². The summed E-state index contributed by atoms with van der Waals surface area (Å²) in [5.74, 6) is 2.88. The van der Waals surface area contributed by atoms with Gasteiger partial charge in [0.2, 0.25) is 11.8 Å². The lowest BCUT2D eigenvalue weighted by molar-refractivity contribution is -0.137. The van der Waals surface area contributed by atoms with Crippen molar-refractivity contribution in [3.63, 3.8) is 0 Å². The van der Waals surface area contributed by atoms with Gasteiger partial charge in [-0.2, -0.15) is 0 Å². The van der Waals surface area contributed by atoms with Crippen molar-refractivity contribution in [2.75, 3.05) is 34.3 Å². The van der Waals surface area contributed by atoms with E-state index in [2.05, 4.69) is 33.5 Å². The number of ether oxygens (including phenoxy) is 3. The number of benzene rings is 3. The zero-order valence-corrected chi connectivity index (χ0v) is 34.1. The van der Waals surface area contributed by atoms with Crippen molar-refractivity contribution in [3.8, 4) is 45.1 Å². The van der Waals surface area contributed by atoms with E-state index < -0.39 is 12.1 Å². The normalized spacial score (nSPS) is 19.0. The molecule has 2 aromatic heterocycles. The summed E-state index contributed by atoms with van der Waals surface area (Å²) >= 11 is 0. The maximum atomic E-state index is 14.0. The first-order chi connectivity index (χ1) is 28.6. The van der Waals surface area contributed by atoms with Gasteiger partial charge in [-0.3, -0.25) is 14.5 Å². The van der Waals surface area contributed by atoms with Gasteiger partial charge in [-0.15, -0.1) is 0 Å². The first-order valence-electron chi connectivity index (χ1n) is 20.5. The van der Waals surface area contributed by atoms with Crippen LogP contribution in [0.25, 0.3) is 33.6 Å². The molecule has 3 N–H and O–H groups in total. The number of alkyl carbamates (subject to hydrolysis) is 1. The Labute approximate surface area is 343 Å². The number of rotatable bonds is 10. The van der Waals surface area contributed by atoms with Gasteiger partial charge in [0.1, 0.15) is 48.4 Å². The number of aromatic amines is 2. The van der Waals surface area contributed by atoms with Gasteiger partial charge in [-0.1, -0.05) is 44.2 Å². The highest BCUT2D eigenvalue weighted by Gasteiger charge is 2.39. The van der Waals surface area contributed by atoms with E-state index in [9.17, 15) is 14.4 Å². The summed E-state index contributed by atoms with van der Waals surface area (Å²) in [5, 5.41) is 2.71. The molecule has 4 atom stereocenters. The third-order valence-electron chi connectivity index (χ3n) is 12.2. The Morgan fingerprint density at radius 3 is 1.81 bits per heavy atom. The molecule has 0 bridgehead atoms. The molecule has 2 saturated heterocycles. The van der Waals surface area contributed by atoms with Crippen LogP contribution in [-0.2, 0) is 27.5 Å². The number of likely N-dealkylation sites (N-methyl/N-ethyl adjacent to an activating group) is 1. The van der Waals surface area contributed by atoms with E-state index in [-0.39, 0.29) is 35.9 Å². The maximum absolute atomic E-state index is 14.0. The predicted molar refractivity (Wildman–Crippen MR) is 220 cm³/mol. The van der Waals surface area contributed by atoms with Crippen molar-refractivity contribution in [1.29, 1.82) is 0 Å². The van der Waals surface area contributed by atoms with Crippen molar-refractivity contribution in [2.45, 2.75) is 76.9 Å². The standard InChI is InChI=1S/C45H50N8O6/c1-25(2)39(50-45(56)57-5)43(54)52-15-9-13-33(52)41-46-21-31(48-41)27-17-29-23-59-36-20-28(18-30-24-58-35(19-27)37(29)38(30)36)32-22-47-42(49-32)34-14-10-16-53(34)44(55)40(51(3)4)26-11-7-6-8-12-26/h6-8,11-12,17-22,25,33-34,39-40H,9-10,13-16,23-24H2,1-5H3,(H,46,48)(H,47,49)(H,50,56)/t33-,34-,39-,40?/m0/s1. The minimum atomic E-state index is -0.703. The molecule has 9 rings (SSSR count). The van der Waals surface area contributed by atoms with Crippen LogP contribution >= 0.6 is 0 Å². The number of nitrogens with one attached hydrogen (secondary N) is 3. The van der Waals surface area contributed by atoms with Gasteiger partial charge in [-0.25, -0.2) is 14.8 Å². The van der Waals surface area contributed by atoms with Gasteiger partial charge in [0, 0.05) is 46.5 Å². The molecule has 0 spiro atoms. The minimum absolute atomic E-state index is 0.0783. The van der Waals surface area contributed by atoms with E-state index in [0.29, 0.717) is 32.1 Å². The number of nitrogens with zero attached hydrogens (tertiary/aromatic N) is 5. The second-order valence-corrected chi connectivity index (χ2v) is 16.5. The fraction of sp³-hybridized carbons (Fsp3) is 0.400. The van der Waals surface area contributed by atoms with Gasteiger partial charge in [0.25, 0.3) is 0 Å². The molecule has 4 aliphatic heterocycles. The van der Waals surface area contributed by atoms with Gasteiger partial charge in [0.05, 0.1) is 43.0 Å². The van der Waals surface area contributed by atoms with Gasteiger partial charge >= 0.3 is 6.09 Å². The summed E-state index contributed by atoms with van der Waals surface area (Å²) in [6.07, 6.45) is 6.38. The molecule has 2 fully saturated rings. The molecular formula is C45H50N8O6. The molecule has 6 heterocycles. The molecule has 306 valence electrons. The van der Waals surface area contributed by atoms with Crippen LogP contribution in [0.3, 0.4) is 0 Å². The number of methoxy groups -OCH3 is 1. The smallest absolute Gasteiger partial charge is 0.407 e. The first kappa shape index (κ1) is 38.4. The van der Waals surface area contributed by atoms with Crippen LogP contribution < -0.4 is 14.8 Å². The van der Waals surface area contributed by atoms with Crippen molar-refractivity contribution in [1.82, 2.24) is 40.0 Å². The Balaban J connectivity index is 0.945. The van der Waals surface area contributed by atoms with Crippen LogP contribution in [0.4, 0.5) is 4.79 Å². The SMILES string of the molecule is COC(=O)N[C@H](C(=O)N1CCC[C@H]1c1ncc(-c2cc3c4c(c2)OCc2cc(-c5cnc([C@@H]6CCCN6C(=O)C(c6ccccc6)N(C)C)[nH]5)cc(c2-4)OC3)[nH]1)C(C)C. The Hall–Kier alpha value is -6.15. The number of hydrogen-bond donors (Lipinski definition) is 3. The largest absolute Gasteiger partial charge is 0.488 e. The lowest BCUT2D eigenvalue weighted by Gasteiger charge is -2.31. The molecule has 3 amide bonds. The first-order valence-corrected chi connectivity index (χ1v) is 20.5. The summed E-state index contributed by atoms with van der Waals surface area (Å²) < 4.78 is 17.7. The number of hydrogen-bond acceptors (Lipinski definition) is 9. The highest BCUT2D eigenvalue weighted by atomic mass is 16.5. The Kier molecular flexibility index (Phi) is 10.1. The Bertz CT molecular complexity index is 2360. The Morgan fingerprint density at radius 1 is 0.797 bits per heavy atom. The molecule has 0 saturated carbocycles. The summed E-state index contributed by atoms with van der Waals surface area (Å²) in [6.45, 7) is 5.82. The van der Waals surface area contributed by atoms with Crippen LogP contribution in [-0.4, -0.2) is 92.9 Å². The van der Waals surface area contributed by atoms with E-state index in [4.69, 9.17) is 24.2 Å². The van der Waals surface area contributed by atoms with Gasteiger partial charge in [0.15, 0.2) is 0 Å². The number of aromatic nitrogens is 4. The average molecular weight is 799 g/mol. The molecular weight excluding hydrogens is 749 g/mol. The van der Waals surface area contributed by atoms with Crippen LogP contribution in [0.15, 0.2) is 67.0 Å². The maximum Gasteiger partial charge on any atom is 0.407 e. The Morgan fingerprint density at radius 2 is 1.32 bits per heavy atom. The summed E-state index contributed by atoms with van der Waals surface area (Å²) in [5.41, 5.74) is 8.63. The second kappa shape index (κ2) is 15.6. The molecule has 0 aliphatic carbocycles. The number of likely N-dealkylation sites (tertiary alicyclic amines) is 2. The van der Waals surface area contributed by atoms with Crippen molar-refractivity contribution in [2.24, 2.45) is 5.92 Å². The van der Waals surface area contributed by atoms with Crippen LogP contribution in [0, 0.1) is 5.92 Å². The second-order valence-electron chi connectivity index (χ2n) is 16.5. The molecule has 14 nitrogen and oxygen atoms in total. The topological polar surface area (TPSA) is 158 Å². The number of carbonyl (C=O) groups excluding carboxylic acids is 3. The lowest BCUT2D eigenvalue weighted by atomic mass is 9.87. The summed E-state index contributed by atoms with van der Waals surface area (Å²) in [4.78, 5) is 62.2. The molecule has 3 aromatic carbocycles. The van der Waals surface area contributed by atoms with Crippen molar-refractivity contribution in [3.05, 3.63) is 95.3 Å². The summed E-state index contributed by atoms with van der Waals surface area (Å²) in [7, 11) is 5.19. The number of imidazole rings is 2. The van der Waals surface area contributed by atoms with E-state index in [1.807, 2.05) is 85.2 Å². The number of amides is 3. The highest BCUT2D eigenvalue weighted by molar-refractivity contribution is 5.89. The van der Waals surface area contributed by atoms with Crippen molar-refractivity contribution < 1.29 is 28.6 Å². The fourth-order valence-electron chi connectivity index (χ4n) is 9.26. The number of carbonyl (C=O) groups is 3. The van der Waals surface area contributed by atoms with Crippen LogP contribution in [0.5, 0.6) is 11.5 Å². The van der Waals surface area contributed by atoms with Crippen LogP contribution in [0.1, 0.15) is 86.0 Å². The molecule has 1 unspecified atom stereocenters. The fourth-order valence-corrected chi connectivity index (χ4v) is 9.26. The molecule has 4 aliphatic rings. The predicted octanol–water partition coefficient (Wildman–Crippen LogP) is 6.93. The highest BCUT2D eigenvalue weighted by Crippen LogP contribution is 2.51. The minimum Gasteiger partial charge on any atom is -0.488 e. The van der Waals surface area contributed by atoms with Gasteiger partial charge < -0.3 is 39.3 Å². The average Bonchev–Trinajstić information content (AvgIpc) is 4.08. The third kappa shape index (κ3) is 6.98. The quantitative estimate of drug-likeness (QED) is 0.136. The summed E-state index contributed by atoms with van der Waals surface area (Å²) in [6, 6.07) is 16.9. The number of H-pyrrole nitrogens is 2. The molecule has 5 aromatic rings. The molecule has 59 heavy (non-hydrogen) atoms. The van der Waals surface area contributed by atoms with Gasteiger partial charge in [-0.05, 0) is 75.5 Å². The van der Waals surface area contributed by atoms with Crippen LogP contribution in [0.2, 0.25) is 0 Å². The van der Waals surface area contributed by atoms with E-state index in [0.717, 1.165) is 93.3 Å². The van der Waals surface area contributed by atoms with E-state index in [1.54, 1.807) is 6.20 Å². The zero-order valence-electron chi connectivity index (χ0n) is 34.1. The zero-order chi connectivity index (χ0) is 40.9. The third-order valence-corrected chi connectivity index (χ3v) is 12.2. The molecule has 0 radical (unpaired) electrons. The van der Waals surface area contributed by atoms with Crippen molar-refractivity contribution >= 4 is 17.9 Å². The lowest BCUT2D eigenvalue weighted by Crippen LogP contribution is -2.51. The monoisotopic (exact) mass is 798 g/mol. The van der Waals surface area contributed by atoms with E-state index in [1.165, 1.54) is 7.11 Å². The molecule has 14 heteroatoms.